The lowest BCUT2D eigenvalue weighted by Crippen LogP contribution is -2.33. The zero-order valence-electron chi connectivity index (χ0n) is 14.8. The van der Waals surface area contributed by atoms with Crippen LogP contribution >= 0.6 is 0 Å². The number of carbonyl (C=O) groups excluding carboxylic acids is 1. The standard InChI is InChI=1S/C20H25NO3/c1-14(10-11-16-8-6-5-7-9-16)21-20(22)17-12-18(23-3)15(2)19(13-17)24-4/h5-9,12-14H,10-11H2,1-4H3,(H,21,22). The first-order chi connectivity index (χ1) is 11.5. The fraction of sp³-hybridized carbons (Fsp3) is 0.350. The number of methoxy groups -OCH3 is 2. The van der Waals surface area contributed by atoms with Crippen molar-refractivity contribution < 1.29 is 14.3 Å². The number of benzene rings is 2. The van der Waals surface area contributed by atoms with Gasteiger partial charge in [-0.2, -0.15) is 0 Å². The molecule has 0 aliphatic carbocycles. The lowest BCUT2D eigenvalue weighted by atomic mass is 10.1. The Kier molecular flexibility index (Phi) is 6.24. The Balaban J connectivity index is 2.01. The third-order valence-corrected chi connectivity index (χ3v) is 4.10. The lowest BCUT2D eigenvalue weighted by molar-refractivity contribution is 0.0937. The Morgan fingerprint density at radius 3 is 2.21 bits per heavy atom. The summed E-state index contributed by atoms with van der Waals surface area (Å²) in [5.41, 5.74) is 2.70. The van der Waals surface area contributed by atoms with Crippen LogP contribution in [0.3, 0.4) is 0 Å². The topological polar surface area (TPSA) is 47.6 Å². The molecular formula is C20H25NO3. The van der Waals surface area contributed by atoms with Crippen LogP contribution in [-0.2, 0) is 6.42 Å². The molecule has 1 amide bonds. The van der Waals surface area contributed by atoms with Crippen molar-refractivity contribution in [3.63, 3.8) is 0 Å². The fourth-order valence-corrected chi connectivity index (χ4v) is 2.62. The van der Waals surface area contributed by atoms with Crippen LogP contribution in [0.25, 0.3) is 0 Å². The Morgan fingerprint density at radius 2 is 1.67 bits per heavy atom. The molecule has 4 nitrogen and oxygen atoms in total. The maximum Gasteiger partial charge on any atom is 0.251 e. The van der Waals surface area contributed by atoms with Crippen LogP contribution in [0.5, 0.6) is 11.5 Å². The van der Waals surface area contributed by atoms with E-state index in [1.807, 2.05) is 32.0 Å². The van der Waals surface area contributed by atoms with Gasteiger partial charge in [0.05, 0.1) is 14.2 Å². The van der Waals surface area contributed by atoms with Crippen LogP contribution in [0.2, 0.25) is 0 Å². The molecule has 0 spiro atoms. The van der Waals surface area contributed by atoms with E-state index in [2.05, 4.69) is 17.4 Å². The van der Waals surface area contributed by atoms with Gasteiger partial charge in [-0.3, -0.25) is 4.79 Å². The van der Waals surface area contributed by atoms with E-state index < -0.39 is 0 Å². The van der Waals surface area contributed by atoms with Gasteiger partial charge in [-0.15, -0.1) is 0 Å². The lowest BCUT2D eigenvalue weighted by Gasteiger charge is -2.16. The minimum atomic E-state index is -0.118. The molecule has 128 valence electrons. The molecule has 1 atom stereocenters. The van der Waals surface area contributed by atoms with Gasteiger partial charge < -0.3 is 14.8 Å². The van der Waals surface area contributed by atoms with Gasteiger partial charge in [-0.05, 0) is 44.4 Å². The zero-order chi connectivity index (χ0) is 17.5. The summed E-state index contributed by atoms with van der Waals surface area (Å²) in [5.74, 6) is 1.18. The summed E-state index contributed by atoms with van der Waals surface area (Å²) in [4.78, 5) is 12.5. The Hall–Kier alpha value is -2.49. The van der Waals surface area contributed by atoms with Gasteiger partial charge in [0.1, 0.15) is 11.5 Å². The van der Waals surface area contributed by atoms with Crippen molar-refractivity contribution in [3.05, 3.63) is 59.2 Å². The molecule has 24 heavy (non-hydrogen) atoms. The number of nitrogens with one attached hydrogen (secondary N) is 1. The SMILES string of the molecule is COc1cc(C(=O)NC(C)CCc2ccccc2)cc(OC)c1C. The smallest absolute Gasteiger partial charge is 0.251 e. The minimum Gasteiger partial charge on any atom is -0.496 e. The van der Waals surface area contributed by atoms with Gasteiger partial charge in [0.2, 0.25) is 0 Å². The van der Waals surface area contributed by atoms with E-state index in [4.69, 9.17) is 9.47 Å². The third kappa shape index (κ3) is 4.51. The second-order valence-electron chi connectivity index (χ2n) is 5.90. The molecule has 0 bridgehead atoms. The van der Waals surface area contributed by atoms with E-state index >= 15 is 0 Å². The highest BCUT2D eigenvalue weighted by Gasteiger charge is 2.15. The van der Waals surface area contributed by atoms with Gasteiger partial charge in [0.25, 0.3) is 5.91 Å². The van der Waals surface area contributed by atoms with Crippen molar-refractivity contribution in [1.82, 2.24) is 5.32 Å². The maximum absolute atomic E-state index is 12.5. The molecule has 0 saturated heterocycles. The molecule has 2 aromatic carbocycles. The van der Waals surface area contributed by atoms with E-state index in [9.17, 15) is 4.79 Å². The number of rotatable bonds is 7. The summed E-state index contributed by atoms with van der Waals surface area (Å²) in [6.07, 6.45) is 1.82. The molecule has 0 heterocycles. The van der Waals surface area contributed by atoms with Crippen LogP contribution < -0.4 is 14.8 Å². The third-order valence-electron chi connectivity index (χ3n) is 4.10. The molecular weight excluding hydrogens is 302 g/mol. The molecule has 0 aliphatic heterocycles. The van der Waals surface area contributed by atoms with Crippen molar-refractivity contribution in [1.29, 1.82) is 0 Å². The second kappa shape index (κ2) is 8.39. The second-order valence-corrected chi connectivity index (χ2v) is 5.90. The molecule has 0 saturated carbocycles. The first-order valence-corrected chi connectivity index (χ1v) is 8.12. The maximum atomic E-state index is 12.5. The first-order valence-electron chi connectivity index (χ1n) is 8.12. The average molecular weight is 327 g/mol. The van der Waals surface area contributed by atoms with E-state index in [0.29, 0.717) is 17.1 Å². The van der Waals surface area contributed by atoms with E-state index in [0.717, 1.165) is 18.4 Å². The minimum absolute atomic E-state index is 0.0796. The van der Waals surface area contributed by atoms with Crippen molar-refractivity contribution in [2.45, 2.75) is 32.7 Å². The van der Waals surface area contributed by atoms with Crippen LogP contribution in [0.4, 0.5) is 0 Å². The van der Waals surface area contributed by atoms with Crippen LogP contribution in [-0.4, -0.2) is 26.2 Å². The number of amides is 1. The first kappa shape index (κ1) is 17.9. The van der Waals surface area contributed by atoms with Crippen LogP contribution in [0, 0.1) is 6.92 Å². The Morgan fingerprint density at radius 1 is 1.08 bits per heavy atom. The van der Waals surface area contributed by atoms with Crippen molar-refractivity contribution in [3.8, 4) is 11.5 Å². The monoisotopic (exact) mass is 327 g/mol. The summed E-state index contributed by atoms with van der Waals surface area (Å²) in [6.45, 7) is 3.92. The van der Waals surface area contributed by atoms with Gasteiger partial charge in [-0.1, -0.05) is 30.3 Å². The fourth-order valence-electron chi connectivity index (χ4n) is 2.62. The molecule has 1 N–H and O–H groups in total. The Labute approximate surface area is 143 Å². The van der Waals surface area contributed by atoms with Crippen LogP contribution in [0.15, 0.2) is 42.5 Å². The number of aryl methyl sites for hydroxylation is 1. The van der Waals surface area contributed by atoms with Gasteiger partial charge in [0.15, 0.2) is 0 Å². The van der Waals surface area contributed by atoms with Gasteiger partial charge in [-0.25, -0.2) is 0 Å². The molecule has 0 radical (unpaired) electrons. The van der Waals surface area contributed by atoms with Crippen molar-refractivity contribution >= 4 is 5.91 Å². The van der Waals surface area contributed by atoms with Crippen molar-refractivity contribution in [2.75, 3.05) is 14.2 Å². The molecule has 0 aromatic heterocycles. The Bertz CT molecular complexity index is 658. The van der Waals surface area contributed by atoms with E-state index in [-0.39, 0.29) is 11.9 Å². The molecule has 4 heteroatoms. The largest absolute Gasteiger partial charge is 0.496 e. The predicted molar refractivity (Wildman–Crippen MR) is 96.0 cm³/mol. The van der Waals surface area contributed by atoms with E-state index in [1.54, 1.807) is 26.4 Å². The molecule has 2 aromatic rings. The summed E-state index contributed by atoms with van der Waals surface area (Å²) < 4.78 is 10.7. The van der Waals surface area contributed by atoms with Gasteiger partial charge in [0, 0.05) is 17.2 Å². The number of carbonyl (C=O) groups is 1. The average Bonchev–Trinajstić information content (AvgIpc) is 2.61. The summed E-state index contributed by atoms with van der Waals surface area (Å²) >= 11 is 0. The highest BCUT2D eigenvalue weighted by Crippen LogP contribution is 2.29. The quantitative estimate of drug-likeness (QED) is 0.842. The molecule has 0 fully saturated rings. The normalized spacial score (nSPS) is 11.7. The zero-order valence-corrected chi connectivity index (χ0v) is 14.8. The summed E-state index contributed by atoms with van der Waals surface area (Å²) in [5, 5.41) is 3.04. The summed E-state index contributed by atoms with van der Waals surface area (Å²) in [6, 6.07) is 13.8. The predicted octanol–water partition coefficient (Wildman–Crippen LogP) is 3.76. The number of hydrogen-bond acceptors (Lipinski definition) is 3. The summed E-state index contributed by atoms with van der Waals surface area (Å²) in [7, 11) is 3.18. The van der Waals surface area contributed by atoms with E-state index in [1.165, 1.54) is 5.56 Å². The molecule has 2 rings (SSSR count). The molecule has 0 aliphatic rings. The van der Waals surface area contributed by atoms with Crippen LogP contribution in [0.1, 0.15) is 34.8 Å². The molecule has 1 unspecified atom stereocenters. The number of hydrogen-bond donors (Lipinski definition) is 1. The van der Waals surface area contributed by atoms with Crippen molar-refractivity contribution in [2.24, 2.45) is 0 Å². The highest BCUT2D eigenvalue weighted by molar-refractivity contribution is 5.95. The number of ether oxygens (including phenoxy) is 2. The highest BCUT2D eigenvalue weighted by atomic mass is 16.5. The van der Waals surface area contributed by atoms with Gasteiger partial charge >= 0.3 is 0 Å².